The molecule has 28 heavy (non-hydrogen) atoms. The Morgan fingerprint density at radius 3 is 2.25 bits per heavy atom. The Hall–Kier alpha value is -2.94. The quantitative estimate of drug-likeness (QED) is 0.680. The number of methoxy groups -OCH3 is 2. The van der Waals surface area contributed by atoms with Crippen LogP contribution in [0.1, 0.15) is 5.56 Å². The zero-order chi connectivity index (χ0) is 20.7. The monoisotopic (exact) mass is 408 g/mol. The maximum absolute atomic E-state index is 12.0. The average Bonchev–Trinajstić information content (AvgIpc) is 2.69. The Labute approximate surface area is 165 Å². The van der Waals surface area contributed by atoms with Crippen LogP contribution in [0.5, 0.6) is 17.2 Å². The summed E-state index contributed by atoms with van der Waals surface area (Å²) in [5.41, 5.74) is 1.37. The van der Waals surface area contributed by atoms with E-state index >= 15 is 0 Å². The third-order valence-corrected chi connectivity index (χ3v) is 5.21. The van der Waals surface area contributed by atoms with Crippen LogP contribution in [0, 0.1) is 0 Å². The first-order valence-corrected chi connectivity index (χ1v) is 10.2. The SMILES string of the molecule is COc1ccc(CNC(=O)COc2ccc(N(C)S(C)(=O)=O)cc2)cc1OC. The first kappa shape index (κ1) is 21.4. The van der Waals surface area contributed by atoms with Crippen molar-refractivity contribution in [3.05, 3.63) is 48.0 Å². The lowest BCUT2D eigenvalue weighted by Crippen LogP contribution is -2.28. The Balaban J connectivity index is 1.86. The summed E-state index contributed by atoms with van der Waals surface area (Å²) in [4.78, 5) is 12.0. The lowest BCUT2D eigenvalue weighted by Gasteiger charge is -2.16. The predicted octanol–water partition coefficient (Wildman–Crippen LogP) is 1.79. The number of ether oxygens (including phenoxy) is 3. The van der Waals surface area contributed by atoms with Gasteiger partial charge in [-0.25, -0.2) is 8.42 Å². The average molecular weight is 408 g/mol. The van der Waals surface area contributed by atoms with E-state index in [1.54, 1.807) is 50.6 Å². The number of benzene rings is 2. The minimum atomic E-state index is -3.33. The fraction of sp³-hybridized carbons (Fsp3) is 0.316. The molecule has 0 aromatic heterocycles. The van der Waals surface area contributed by atoms with Gasteiger partial charge in [-0.1, -0.05) is 6.07 Å². The van der Waals surface area contributed by atoms with Gasteiger partial charge in [0, 0.05) is 13.6 Å². The van der Waals surface area contributed by atoms with Crippen molar-refractivity contribution in [3.63, 3.8) is 0 Å². The van der Waals surface area contributed by atoms with Crippen LogP contribution < -0.4 is 23.8 Å². The molecule has 1 N–H and O–H groups in total. The zero-order valence-corrected chi connectivity index (χ0v) is 17.1. The molecule has 0 spiro atoms. The van der Waals surface area contributed by atoms with Crippen molar-refractivity contribution < 1.29 is 27.4 Å². The third kappa shape index (κ3) is 5.78. The summed E-state index contributed by atoms with van der Waals surface area (Å²) in [7, 11) is 1.25. The van der Waals surface area contributed by atoms with Gasteiger partial charge in [0.1, 0.15) is 5.75 Å². The second kappa shape index (κ2) is 9.32. The fourth-order valence-electron chi connectivity index (χ4n) is 2.33. The molecule has 2 aromatic rings. The number of rotatable bonds is 9. The van der Waals surface area contributed by atoms with Crippen LogP contribution in [0.2, 0.25) is 0 Å². The van der Waals surface area contributed by atoms with Crippen LogP contribution in [0.15, 0.2) is 42.5 Å². The second-order valence-corrected chi connectivity index (χ2v) is 7.99. The number of amides is 1. The topological polar surface area (TPSA) is 94.2 Å². The second-order valence-electron chi connectivity index (χ2n) is 5.98. The number of carbonyl (C=O) groups excluding carboxylic acids is 1. The number of hydrogen-bond donors (Lipinski definition) is 1. The number of sulfonamides is 1. The van der Waals surface area contributed by atoms with Gasteiger partial charge in [-0.05, 0) is 42.0 Å². The molecule has 152 valence electrons. The smallest absolute Gasteiger partial charge is 0.258 e. The summed E-state index contributed by atoms with van der Waals surface area (Å²) in [5, 5.41) is 2.76. The van der Waals surface area contributed by atoms with Crippen LogP contribution >= 0.6 is 0 Å². The molecule has 8 nitrogen and oxygen atoms in total. The molecule has 0 aliphatic heterocycles. The van der Waals surface area contributed by atoms with Crippen molar-refractivity contribution in [3.8, 4) is 17.2 Å². The molecule has 0 atom stereocenters. The molecule has 0 saturated heterocycles. The van der Waals surface area contributed by atoms with E-state index in [0.717, 1.165) is 16.1 Å². The largest absolute Gasteiger partial charge is 0.493 e. The number of nitrogens with zero attached hydrogens (tertiary/aromatic N) is 1. The molecule has 0 fully saturated rings. The van der Waals surface area contributed by atoms with Gasteiger partial charge >= 0.3 is 0 Å². The first-order valence-electron chi connectivity index (χ1n) is 8.39. The molecule has 1 amide bonds. The van der Waals surface area contributed by atoms with E-state index in [0.29, 0.717) is 29.5 Å². The van der Waals surface area contributed by atoms with Crippen LogP contribution in [0.4, 0.5) is 5.69 Å². The summed E-state index contributed by atoms with van der Waals surface area (Å²) < 4.78 is 40.0. The van der Waals surface area contributed by atoms with Crippen molar-refractivity contribution in [1.82, 2.24) is 5.32 Å². The van der Waals surface area contributed by atoms with E-state index in [1.165, 1.54) is 7.05 Å². The zero-order valence-electron chi connectivity index (χ0n) is 16.3. The normalized spacial score (nSPS) is 10.9. The minimum absolute atomic E-state index is 0.158. The minimum Gasteiger partial charge on any atom is -0.493 e. The van der Waals surface area contributed by atoms with Crippen molar-refractivity contribution in [2.24, 2.45) is 0 Å². The van der Waals surface area contributed by atoms with Gasteiger partial charge in [0.15, 0.2) is 18.1 Å². The Morgan fingerprint density at radius 1 is 1.04 bits per heavy atom. The highest BCUT2D eigenvalue weighted by molar-refractivity contribution is 7.92. The van der Waals surface area contributed by atoms with Crippen LogP contribution in [0.3, 0.4) is 0 Å². The van der Waals surface area contributed by atoms with Crippen molar-refractivity contribution in [2.75, 3.05) is 38.4 Å². The van der Waals surface area contributed by atoms with Gasteiger partial charge < -0.3 is 19.5 Å². The summed E-state index contributed by atoms with van der Waals surface area (Å²) >= 11 is 0. The van der Waals surface area contributed by atoms with Gasteiger partial charge in [-0.3, -0.25) is 9.10 Å². The molecular formula is C19H24N2O6S. The van der Waals surface area contributed by atoms with Crippen molar-refractivity contribution in [1.29, 1.82) is 0 Å². The molecule has 0 radical (unpaired) electrons. The summed E-state index contributed by atoms with van der Waals surface area (Å²) in [6.45, 7) is 0.162. The van der Waals surface area contributed by atoms with E-state index in [9.17, 15) is 13.2 Å². The summed E-state index contributed by atoms with van der Waals surface area (Å²) in [6, 6.07) is 11.8. The fourth-order valence-corrected chi connectivity index (χ4v) is 2.84. The van der Waals surface area contributed by atoms with E-state index in [-0.39, 0.29) is 12.5 Å². The molecule has 0 saturated carbocycles. The molecule has 2 rings (SSSR count). The number of nitrogens with one attached hydrogen (secondary N) is 1. The van der Waals surface area contributed by atoms with E-state index in [4.69, 9.17) is 14.2 Å². The predicted molar refractivity (Wildman–Crippen MR) is 107 cm³/mol. The highest BCUT2D eigenvalue weighted by Crippen LogP contribution is 2.27. The van der Waals surface area contributed by atoms with Gasteiger partial charge in [0.2, 0.25) is 10.0 Å². The van der Waals surface area contributed by atoms with Crippen molar-refractivity contribution in [2.45, 2.75) is 6.54 Å². The lowest BCUT2D eigenvalue weighted by molar-refractivity contribution is -0.123. The van der Waals surface area contributed by atoms with Crippen LogP contribution in [-0.2, 0) is 21.4 Å². The molecule has 0 aliphatic rings. The van der Waals surface area contributed by atoms with E-state index in [2.05, 4.69) is 5.32 Å². The van der Waals surface area contributed by atoms with E-state index < -0.39 is 10.0 Å². The van der Waals surface area contributed by atoms with Crippen LogP contribution in [0.25, 0.3) is 0 Å². The molecule has 0 unspecified atom stereocenters. The maximum Gasteiger partial charge on any atom is 0.258 e. The molecule has 0 aliphatic carbocycles. The highest BCUT2D eigenvalue weighted by Gasteiger charge is 2.12. The molecule has 0 heterocycles. The highest BCUT2D eigenvalue weighted by atomic mass is 32.2. The molecule has 9 heteroatoms. The van der Waals surface area contributed by atoms with E-state index in [1.807, 2.05) is 6.07 Å². The number of anilines is 1. The number of carbonyl (C=O) groups is 1. The lowest BCUT2D eigenvalue weighted by atomic mass is 10.2. The van der Waals surface area contributed by atoms with Gasteiger partial charge in [-0.2, -0.15) is 0 Å². The third-order valence-electron chi connectivity index (χ3n) is 4.01. The standard InChI is InChI=1S/C19H24N2O6S/c1-21(28(4,23)24)15-6-8-16(9-7-15)27-13-19(22)20-12-14-5-10-17(25-2)18(11-14)26-3/h5-11H,12-13H2,1-4H3,(H,20,22). The van der Waals surface area contributed by atoms with Gasteiger partial charge in [0.05, 0.1) is 26.2 Å². The molecule has 0 bridgehead atoms. The first-order chi connectivity index (χ1) is 13.2. The Kier molecular flexibility index (Phi) is 7.11. The summed E-state index contributed by atoms with van der Waals surface area (Å²) in [5.74, 6) is 1.38. The Bertz CT molecular complexity index is 913. The van der Waals surface area contributed by atoms with Crippen molar-refractivity contribution >= 4 is 21.6 Å². The maximum atomic E-state index is 12.0. The van der Waals surface area contributed by atoms with Crippen LogP contribution in [-0.4, -0.2) is 48.5 Å². The van der Waals surface area contributed by atoms with Gasteiger partial charge in [0.25, 0.3) is 5.91 Å². The van der Waals surface area contributed by atoms with Gasteiger partial charge in [-0.15, -0.1) is 0 Å². The summed E-state index contributed by atoms with van der Waals surface area (Å²) in [6.07, 6.45) is 1.13. The Morgan fingerprint density at radius 2 is 1.68 bits per heavy atom. The number of hydrogen-bond acceptors (Lipinski definition) is 6. The molecule has 2 aromatic carbocycles. The molecular weight excluding hydrogens is 384 g/mol.